The SMILES string of the molecule is CNC(=O)c1cccc(OCC(=O)N(C)Cc2ccccc2F)c1. The Morgan fingerprint density at radius 1 is 1.17 bits per heavy atom. The Morgan fingerprint density at radius 2 is 1.92 bits per heavy atom. The maximum atomic E-state index is 13.6. The van der Waals surface area contributed by atoms with Crippen molar-refractivity contribution in [1.82, 2.24) is 10.2 Å². The number of carbonyl (C=O) groups excluding carboxylic acids is 2. The first kappa shape index (κ1) is 17.5. The van der Waals surface area contributed by atoms with E-state index in [0.717, 1.165) is 0 Å². The molecule has 24 heavy (non-hydrogen) atoms. The zero-order chi connectivity index (χ0) is 17.5. The molecule has 0 aliphatic rings. The monoisotopic (exact) mass is 330 g/mol. The molecule has 6 heteroatoms. The fraction of sp³-hybridized carbons (Fsp3) is 0.222. The number of halogens is 1. The number of likely N-dealkylation sites (N-methyl/N-ethyl adjacent to an activating group) is 1. The lowest BCUT2D eigenvalue weighted by Gasteiger charge is -2.18. The molecule has 0 atom stereocenters. The number of hydrogen-bond acceptors (Lipinski definition) is 3. The van der Waals surface area contributed by atoms with E-state index >= 15 is 0 Å². The highest BCUT2D eigenvalue weighted by Gasteiger charge is 2.13. The first-order chi connectivity index (χ1) is 11.5. The molecule has 0 saturated carbocycles. The second-order valence-electron chi connectivity index (χ2n) is 5.24. The third-order valence-corrected chi connectivity index (χ3v) is 3.48. The summed E-state index contributed by atoms with van der Waals surface area (Å²) in [5.74, 6) is -0.452. The number of benzene rings is 2. The Kier molecular flexibility index (Phi) is 5.89. The van der Waals surface area contributed by atoms with Gasteiger partial charge in [0.1, 0.15) is 11.6 Å². The quantitative estimate of drug-likeness (QED) is 0.883. The zero-order valence-corrected chi connectivity index (χ0v) is 13.6. The van der Waals surface area contributed by atoms with Gasteiger partial charge in [-0.3, -0.25) is 9.59 Å². The van der Waals surface area contributed by atoms with E-state index in [0.29, 0.717) is 16.9 Å². The van der Waals surface area contributed by atoms with E-state index in [1.165, 1.54) is 18.0 Å². The highest BCUT2D eigenvalue weighted by Crippen LogP contribution is 2.14. The summed E-state index contributed by atoms with van der Waals surface area (Å²) >= 11 is 0. The molecule has 0 aromatic heterocycles. The molecule has 0 radical (unpaired) electrons. The number of nitrogens with one attached hydrogen (secondary N) is 1. The minimum atomic E-state index is -0.351. The topological polar surface area (TPSA) is 58.6 Å². The van der Waals surface area contributed by atoms with Crippen LogP contribution in [-0.4, -0.2) is 37.4 Å². The molecule has 0 fully saturated rings. The molecule has 0 aliphatic heterocycles. The fourth-order valence-corrected chi connectivity index (χ4v) is 2.10. The van der Waals surface area contributed by atoms with Crippen LogP contribution in [0.25, 0.3) is 0 Å². The number of ether oxygens (including phenoxy) is 1. The van der Waals surface area contributed by atoms with Gasteiger partial charge in [-0.25, -0.2) is 4.39 Å². The van der Waals surface area contributed by atoms with Gasteiger partial charge in [0.25, 0.3) is 11.8 Å². The molecular formula is C18H19FN2O3. The van der Waals surface area contributed by atoms with Gasteiger partial charge in [-0.1, -0.05) is 24.3 Å². The van der Waals surface area contributed by atoms with Gasteiger partial charge < -0.3 is 15.0 Å². The van der Waals surface area contributed by atoms with Gasteiger partial charge in [0.05, 0.1) is 0 Å². The lowest BCUT2D eigenvalue weighted by Crippen LogP contribution is -2.31. The van der Waals surface area contributed by atoms with Gasteiger partial charge in [-0.05, 0) is 24.3 Å². The number of nitrogens with zero attached hydrogens (tertiary/aromatic N) is 1. The first-order valence-corrected chi connectivity index (χ1v) is 7.43. The van der Waals surface area contributed by atoms with Crippen LogP contribution in [0.4, 0.5) is 4.39 Å². The molecule has 5 nitrogen and oxygen atoms in total. The van der Waals surface area contributed by atoms with Gasteiger partial charge in [-0.15, -0.1) is 0 Å². The van der Waals surface area contributed by atoms with E-state index in [4.69, 9.17) is 4.74 Å². The van der Waals surface area contributed by atoms with E-state index in [1.807, 2.05) is 0 Å². The van der Waals surface area contributed by atoms with Crippen molar-refractivity contribution in [3.8, 4) is 5.75 Å². The Balaban J connectivity index is 1.93. The summed E-state index contributed by atoms with van der Waals surface area (Å²) in [5, 5.41) is 2.52. The molecule has 0 aliphatic carbocycles. The lowest BCUT2D eigenvalue weighted by atomic mass is 10.2. The van der Waals surface area contributed by atoms with Crippen molar-refractivity contribution in [2.45, 2.75) is 6.54 Å². The van der Waals surface area contributed by atoms with Crippen molar-refractivity contribution >= 4 is 11.8 Å². The molecule has 0 bridgehead atoms. The minimum absolute atomic E-state index is 0.160. The van der Waals surface area contributed by atoms with Crippen LogP contribution in [-0.2, 0) is 11.3 Å². The Morgan fingerprint density at radius 3 is 2.62 bits per heavy atom. The van der Waals surface area contributed by atoms with Crippen LogP contribution in [0.5, 0.6) is 5.75 Å². The van der Waals surface area contributed by atoms with E-state index in [-0.39, 0.29) is 30.8 Å². The third-order valence-electron chi connectivity index (χ3n) is 3.48. The van der Waals surface area contributed by atoms with Gasteiger partial charge in [0.2, 0.25) is 0 Å². The van der Waals surface area contributed by atoms with Crippen molar-refractivity contribution in [2.24, 2.45) is 0 Å². The molecule has 2 amide bonds. The van der Waals surface area contributed by atoms with Crippen molar-refractivity contribution in [3.63, 3.8) is 0 Å². The van der Waals surface area contributed by atoms with Crippen LogP contribution in [0, 0.1) is 5.82 Å². The largest absolute Gasteiger partial charge is 0.484 e. The zero-order valence-electron chi connectivity index (χ0n) is 13.6. The van der Waals surface area contributed by atoms with E-state index in [9.17, 15) is 14.0 Å². The number of hydrogen-bond donors (Lipinski definition) is 1. The molecular weight excluding hydrogens is 311 g/mol. The average Bonchev–Trinajstić information content (AvgIpc) is 2.61. The summed E-state index contributed by atoms with van der Waals surface area (Å²) in [6.45, 7) is -0.0324. The molecule has 0 heterocycles. The summed E-state index contributed by atoms with van der Waals surface area (Å²) in [6, 6.07) is 12.9. The van der Waals surface area contributed by atoms with Crippen LogP contribution in [0.3, 0.4) is 0 Å². The molecule has 0 unspecified atom stereocenters. The second-order valence-corrected chi connectivity index (χ2v) is 5.24. The number of rotatable bonds is 6. The molecule has 126 valence electrons. The molecule has 1 N–H and O–H groups in total. The lowest BCUT2D eigenvalue weighted by molar-refractivity contribution is -0.132. The highest BCUT2D eigenvalue weighted by molar-refractivity contribution is 5.94. The Labute approximate surface area is 140 Å². The van der Waals surface area contributed by atoms with E-state index in [2.05, 4.69) is 5.32 Å². The Bertz CT molecular complexity index is 734. The maximum Gasteiger partial charge on any atom is 0.260 e. The maximum absolute atomic E-state index is 13.6. The second kappa shape index (κ2) is 8.10. The van der Waals surface area contributed by atoms with Crippen molar-refractivity contribution in [3.05, 3.63) is 65.5 Å². The van der Waals surface area contributed by atoms with Crippen LogP contribution in [0.15, 0.2) is 48.5 Å². The Hall–Kier alpha value is -2.89. The van der Waals surface area contributed by atoms with Crippen LogP contribution in [0.1, 0.15) is 15.9 Å². The predicted molar refractivity (Wildman–Crippen MR) is 88.2 cm³/mol. The van der Waals surface area contributed by atoms with Crippen LogP contribution < -0.4 is 10.1 Å². The number of amides is 2. The summed E-state index contributed by atoms with van der Waals surface area (Å²) in [6.07, 6.45) is 0. The minimum Gasteiger partial charge on any atom is -0.484 e. The summed E-state index contributed by atoms with van der Waals surface area (Å²) < 4.78 is 19.0. The fourth-order valence-electron chi connectivity index (χ4n) is 2.10. The summed E-state index contributed by atoms with van der Waals surface area (Å²) in [5.41, 5.74) is 0.886. The smallest absolute Gasteiger partial charge is 0.260 e. The summed E-state index contributed by atoms with van der Waals surface area (Å²) in [7, 11) is 3.12. The summed E-state index contributed by atoms with van der Waals surface area (Å²) in [4.78, 5) is 25.1. The molecule has 2 rings (SSSR count). The normalized spacial score (nSPS) is 10.1. The van der Waals surface area contributed by atoms with Gasteiger partial charge >= 0.3 is 0 Å². The first-order valence-electron chi connectivity index (χ1n) is 7.43. The number of carbonyl (C=O) groups is 2. The predicted octanol–water partition coefficient (Wildman–Crippen LogP) is 2.22. The van der Waals surface area contributed by atoms with Gasteiger partial charge in [-0.2, -0.15) is 0 Å². The molecule has 2 aromatic carbocycles. The third kappa shape index (κ3) is 4.55. The van der Waals surface area contributed by atoms with Gasteiger partial charge in [0, 0.05) is 31.8 Å². The van der Waals surface area contributed by atoms with Gasteiger partial charge in [0.15, 0.2) is 6.61 Å². The van der Waals surface area contributed by atoms with Crippen molar-refractivity contribution in [2.75, 3.05) is 20.7 Å². The van der Waals surface area contributed by atoms with E-state index < -0.39 is 0 Å². The van der Waals surface area contributed by atoms with Crippen LogP contribution >= 0.6 is 0 Å². The van der Waals surface area contributed by atoms with Crippen molar-refractivity contribution in [1.29, 1.82) is 0 Å². The standard InChI is InChI=1S/C18H19FN2O3/c1-20-18(23)13-7-5-8-15(10-13)24-12-17(22)21(2)11-14-6-3-4-9-16(14)19/h3-10H,11-12H2,1-2H3,(H,20,23). The van der Waals surface area contributed by atoms with Crippen molar-refractivity contribution < 1.29 is 18.7 Å². The average molecular weight is 330 g/mol. The van der Waals surface area contributed by atoms with Crippen LogP contribution in [0.2, 0.25) is 0 Å². The molecule has 0 saturated heterocycles. The van der Waals surface area contributed by atoms with E-state index in [1.54, 1.807) is 49.5 Å². The molecule has 2 aromatic rings. The molecule has 0 spiro atoms. The highest BCUT2D eigenvalue weighted by atomic mass is 19.1.